The van der Waals surface area contributed by atoms with Gasteiger partial charge >= 0.3 is 0 Å². The fraction of sp³-hybridized carbons (Fsp3) is 0.429. The van der Waals surface area contributed by atoms with E-state index in [0.29, 0.717) is 4.60 Å². The first-order valence-corrected chi connectivity index (χ1v) is 5.88. The molecule has 0 aliphatic carbocycles. The van der Waals surface area contributed by atoms with Gasteiger partial charge in [-0.05, 0) is 22.9 Å². The van der Waals surface area contributed by atoms with Gasteiger partial charge in [-0.1, -0.05) is 5.21 Å². The molecule has 0 aliphatic rings. The van der Waals surface area contributed by atoms with E-state index < -0.39 is 0 Å². The van der Waals surface area contributed by atoms with E-state index in [0.717, 1.165) is 23.8 Å². The Hall–Kier alpha value is -1.02. The second kappa shape index (κ2) is 4.23. The van der Waals surface area contributed by atoms with Crippen LogP contribution in [0.3, 0.4) is 0 Å². The number of halogens is 1. The van der Waals surface area contributed by atoms with Crippen LogP contribution in [0.25, 0.3) is 11.4 Å². The summed E-state index contributed by atoms with van der Waals surface area (Å²) in [5.41, 5.74) is 1.61. The molecule has 0 fully saturated rings. The molecule has 2 aromatic rings. The molecule has 0 saturated carbocycles. The molecule has 0 saturated heterocycles. The van der Waals surface area contributed by atoms with Gasteiger partial charge in [-0.25, -0.2) is 4.68 Å². The van der Waals surface area contributed by atoms with E-state index in [9.17, 15) is 0 Å². The van der Waals surface area contributed by atoms with Gasteiger partial charge in [0.05, 0.1) is 11.7 Å². The summed E-state index contributed by atoms with van der Waals surface area (Å²) < 4.78 is 10.8. The molecule has 0 unspecified atom stereocenters. The molecule has 2 rings (SSSR count). The Morgan fingerprint density at radius 1 is 1.47 bits per heavy atom. The normalized spacial score (nSPS) is 10.6. The molecule has 2 heterocycles. The number of anilines is 1. The molecule has 8 heteroatoms. The maximum absolute atomic E-state index is 4.24. The number of aryl methyl sites for hydroxylation is 1. The molecule has 0 aliphatic heterocycles. The highest BCUT2D eigenvalue weighted by atomic mass is 79.9. The van der Waals surface area contributed by atoms with Crippen molar-refractivity contribution in [2.75, 3.05) is 11.9 Å². The highest BCUT2D eigenvalue weighted by molar-refractivity contribution is 9.10. The van der Waals surface area contributed by atoms with Crippen LogP contribution >= 0.6 is 27.7 Å². The Labute approximate surface area is 99.2 Å². The van der Waals surface area contributed by atoms with Gasteiger partial charge in [-0.2, -0.15) is 8.75 Å². The molecule has 0 spiro atoms. The van der Waals surface area contributed by atoms with Gasteiger partial charge in [-0.15, -0.1) is 5.10 Å². The van der Waals surface area contributed by atoms with Crippen LogP contribution in [0.5, 0.6) is 0 Å². The zero-order valence-corrected chi connectivity index (χ0v) is 10.6. The first-order chi connectivity index (χ1) is 7.24. The Morgan fingerprint density at radius 2 is 2.27 bits per heavy atom. The maximum atomic E-state index is 4.24. The van der Waals surface area contributed by atoms with E-state index in [1.807, 2.05) is 14.0 Å². The summed E-state index contributed by atoms with van der Waals surface area (Å²) in [5.74, 6) is 0.772. The molecular formula is C7H9BrN6S. The third kappa shape index (κ3) is 1.86. The van der Waals surface area contributed by atoms with Crippen molar-refractivity contribution in [1.29, 1.82) is 0 Å². The summed E-state index contributed by atoms with van der Waals surface area (Å²) in [6, 6.07) is 0. The molecular weight excluding hydrogens is 280 g/mol. The highest BCUT2D eigenvalue weighted by Gasteiger charge is 2.17. The molecule has 0 bridgehead atoms. The van der Waals surface area contributed by atoms with Gasteiger partial charge in [0, 0.05) is 13.6 Å². The fourth-order valence-corrected chi connectivity index (χ4v) is 2.25. The molecule has 1 N–H and O–H groups in total. The summed E-state index contributed by atoms with van der Waals surface area (Å²) in [5, 5.41) is 11.0. The SMILES string of the molecule is CCNc1nsnc1-c1c(Br)nnn1C. The van der Waals surface area contributed by atoms with Gasteiger partial charge in [0.1, 0.15) is 11.4 Å². The zero-order chi connectivity index (χ0) is 10.8. The van der Waals surface area contributed by atoms with Gasteiger partial charge < -0.3 is 5.32 Å². The topological polar surface area (TPSA) is 68.5 Å². The van der Waals surface area contributed by atoms with Crippen molar-refractivity contribution in [1.82, 2.24) is 23.7 Å². The number of hydrogen-bond donors (Lipinski definition) is 1. The Bertz CT molecular complexity index is 444. The van der Waals surface area contributed by atoms with Crippen LogP contribution in [-0.4, -0.2) is 30.3 Å². The lowest BCUT2D eigenvalue weighted by Crippen LogP contribution is -2.01. The van der Waals surface area contributed by atoms with Crippen LogP contribution in [0.4, 0.5) is 5.82 Å². The van der Waals surface area contributed by atoms with Crippen molar-refractivity contribution in [3.8, 4) is 11.4 Å². The molecule has 0 radical (unpaired) electrons. The molecule has 2 aromatic heterocycles. The third-order valence-electron chi connectivity index (χ3n) is 1.84. The first kappa shape index (κ1) is 10.5. The monoisotopic (exact) mass is 288 g/mol. The smallest absolute Gasteiger partial charge is 0.169 e. The van der Waals surface area contributed by atoms with Gasteiger partial charge in [0.15, 0.2) is 10.4 Å². The predicted molar refractivity (Wildman–Crippen MR) is 61.8 cm³/mol. The number of hydrogen-bond acceptors (Lipinski definition) is 6. The van der Waals surface area contributed by atoms with Crippen LogP contribution in [0, 0.1) is 0 Å². The molecule has 0 aromatic carbocycles. The Balaban J connectivity index is 2.49. The second-order valence-electron chi connectivity index (χ2n) is 2.84. The van der Waals surface area contributed by atoms with Gasteiger partial charge in [0.25, 0.3) is 0 Å². The van der Waals surface area contributed by atoms with Crippen LogP contribution in [0.1, 0.15) is 6.92 Å². The van der Waals surface area contributed by atoms with Crippen LogP contribution in [0.15, 0.2) is 4.60 Å². The van der Waals surface area contributed by atoms with E-state index in [2.05, 4.69) is 40.3 Å². The van der Waals surface area contributed by atoms with E-state index >= 15 is 0 Å². The van der Waals surface area contributed by atoms with Gasteiger partial charge in [0.2, 0.25) is 0 Å². The quantitative estimate of drug-likeness (QED) is 0.928. The minimum atomic E-state index is 0.678. The minimum absolute atomic E-state index is 0.678. The van der Waals surface area contributed by atoms with E-state index in [-0.39, 0.29) is 0 Å². The van der Waals surface area contributed by atoms with E-state index in [1.54, 1.807) is 4.68 Å². The summed E-state index contributed by atoms with van der Waals surface area (Å²) in [4.78, 5) is 0. The molecule has 0 amide bonds. The number of aromatic nitrogens is 5. The fourth-order valence-electron chi connectivity index (χ4n) is 1.21. The molecule has 0 atom stereocenters. The number of rotatable bonds is 3. The van der Waals surface area contributed by atoms with Crippen molar-refractivity contribution in [3.63, 3.8) is 0 Å². The van der Waals surface area contributed by atoms with Crippen molar-refractivity contribution in [2.45, 2.75) is 6.92 Å². The zero-order valence-electron chi connectivity index (χ0n) is 8.23. The average Bonchev–Trinajstić information content (AvgIpc) is 2.75. The molecule has 6 nitrogen and oxygen atoms in total. The van der Waals surface area contributed by atoms with Crippen LogP contribution < -0.4 is 5.32 Å². The summed E-state index contributed by atoms with van der Waals surface area (Å²) >= 11 is 4.51. The van der Waals surface area contributed by atoms with Crippen LogP contribution in [0.2, 0.25) is 0 Å². The lowest BCUT2D eigenvalue weighted by Gasteiger charge is -2.01. The van der Waals surface area contributed by atoms with Gasteiger partial charge in [-0.3, -0.25) is 0 Å². The summed E-state index contributed by atoms with van der Waals surface area (Å²) in [6.07, 6.45) is 0. The van der Waals surface area contributed by atoms with E-state index in [4.69, 9.17) is 0 Å². The van der Waals surface area contributed by atoms with E-state index in [1.165, 1.54) is 11.7 Å². The summed E-state index contributed by atoms with van der Waals surface area (Å²) in [6.45, 7) is 2.82. The maximum Gasteiger partial charge on any atom is 0.169 e. The lowest BCUT2D eigenvalue weighted by molar-refractivity contribution is 0.719. The Kier molecular flexibility index (Phi) is 2.96. The average molecular weight is 289 g/mol. The summed E-state index contributed by atoms with van der Waals surface area (Å²) in [7, 11) is 1.82. The van der Waals surface area contributed by atoms with Crippen molar-refractivity contribution >= 4 is 33.5 Å². The largest absolute Gasteiger partial charge is 0.368 e. The van der Waals surface area contributed by atoms with Crippen molar-refractivity contribution in [3.05, 3.63) is 4.60 Å². The minimum Gasteiger partial charge on any atom is -0.368 e. The first-order valence-electron chi connectivity index (χ1n) is 4.36. The van der Waals surface area contributed by atoms with Crippen molar-refractivity contribution < 1.29 is 0 Å². The second-order valence-corrected chi connectivity index (χ2v) is 4.12. The lowest BCUT2D eigenvalue weighted by atomic mass is 10.3. The van der Waals surface area contributed by atoms with Crippen molar-refractivity contribution in [2.24, 2.45) is 7.05 Å². The molecule has 80 valence electrons. The van der Waals surface area contributed by atoms with Crippen LogP contribution in [-0.2, 0) is 7.05 Å². The predicted octanol–water partition coefficient (Wildman–Crippen LogP) is 1.53. The highest BCUT2D eigenvalue weighted by Crippen LogP contribution is 2.29. The number of nitrogens with zero attached hydrogens (tertiary/aromatic N) is 5. The third-order valence-corrected chi connectivity index (χ3v) is 2.91. The Morgan fingerprint density at radius 3 is 2.87 bits per heavy atom. The standard InChI is InChI=1S/C7H9BrN6S/c1-3-9-7-4(11-15-12-7)5-6(8)10-13-14(5)2/h3H2,1-2H3,(H,9,12). The molecule has 15 heavy (non-hydrogen) atoms. The number of nitrogens with one attached hydrogen (secondary N) is 1.